The third-order valence-corrected chi connectivity index (χ3v) is 5.37. The summed E-state index contributed by atoms with van der Waals surface area (Å²) in [6.45, 7) is 6.55. The summed E-state index contributed by atoms with van der Waals surface area (Å²) in [6.07, 6.45) is 2.20. The van der Waals surface area contributed by atoms with Gasteiger partial charge in [-0.25, -0.2) is 0 Å². The molecule has 0 aliphatic carbocycles. The Balaban J connectivity index is 1.70. The van der Waals surface area contributed by atoms with Crippen LogP contribution in [-0.2, 0) is 22.4 Å². The minimum Gasteiger partial charge on any atom is -0.454 e. The Morgan fingerprint density at radius 3 is 2.45 bits per heavy atom. The van der Waals surface area contributed by atoms with Gasteiger partial charge in [-0.3, -0.25) is 9.59 Å². The summed E-state index contributed by atoms with van der Waals surface area (Å²) in [5, 5.41) is 2.97. The van der Waals surface area contributed by atoms with Crippen molar-refractivity contribution in [1.29, 1.82) is 0 Å². The van der Waals surface area contributed by atoms with Crippen molar-refractivity contribution in [3.8, 4) is 11.5 Å². The maximum Gasteiger partial charge on any atom is 0.242 e. The normalized spacial score (nSPS) is 13.2. The predicted molar refractivity (Wildman–Crippen MR) is 120 cm³/mol. The molecule has 1 N–H and O–H groups in total. The zero-order chi connectivity index (χ0) is 22.2. The number of ether oxygens (including phenoxy) is 2. The van der Waals surface area contributed by atoms with E-state index in [2.05, 4.69) is 5.32 Å². The SMILES string of the molecule is CCC(C(=O)NC(C)C)N(CCc1ccccc1)C(=O)CCc1ccc2c(c1)OCO2. The topological polar surface area (TPSA) is 67.9 Å². The van der Waals surface area contributed by atoms with Crippen molar-refractivity contribution in [1.82, 2.24) is 10.2 Å². The second-order valence-corrected chi connectivity index (χ2v) is 8.10. The van der Waals surface area contributed by atoms with Gasteiger partial charge in [0, 0.05) is 19.0 Å². The molecular weight excluding hydrogens is 392 g/mol. The van der Waals surface area contributed by atoms with Crippen LogP contribution in [0.1, 0.15) is 44.7 Å². The van der Waals surface area contributed by atoms with Crippen LogP contribution in [0.3, 0.4) is 0 Å². The van der Waals surface area contributed by atoms with Crippen LogP contribution < -0.4 is 14.8 Å². The van der Waals surface area contributed by atoms with Gasteiger partial charge >= 0.3 is 0 Å². The number of rotatable bonds is 10. The molecule has 0 aromatic heterocycles. The fourth-order valence-corrected chi connectivity index (χ4v) is 3.77. The first-order valence-corrected chi connectivity index (χ1v) is 11.0. The molecule has 1 unspecified atom stereocenters. The average molecular weight is 425 g/mol. The highest BCUT2D eigenvalue weighted by Gasteiger charge is 2.28. The van der Waals surface area contributed by atoms with Crippen LogP contribution in [0.15, 0.2) is 48.5 Å². The molecule has 166 valence electrons. The van der Waals surface area contributed by atoms with Gasteiger partial charge in [0.1, 0.15) is 6.04 Å². The van der Waals surface area contributed by atoms with E-state index in [4.69, 9.17) is 9.47 Å². The zero-order valence-electron chi connectivity index (χ0n) is 18.6. The number of amides is 2. The lowest BCUT2D eigenvalue weighted by atomic mass is 10.1. The van der Waals surface area contributed by atoms with E-state index in [-0.39, 0.29) is 24.6 Å². The molecule has 0 saturated carbocycles. The molecule has 0 bridgehead atoms. The smallest absolute Gasteiger partial charge is 0.242 e. The summed E-state index contributed by atoms with van der Waals surface area (Å²) in [7, 11) is 0. The number of carbonyl (C=O) groups is 2. The molecule has 2 aromatic carbocycles. The number of hydrogen-bond donors (Lipinski definition) is 1. The van der Waals surface area contributed by atoms with E-state index < -0.39 is 6.04 Å². The van der Waals surface area contributed by atoms with Gasteiger partial charge in [0.25, 0.3) is 0 Å². The Morgan fingerprint density at radius 2 is 1.74 bits per heavy atom. The van der Waals surface area contributed by atoms with Crippen LogP contribution in [0, 0.1) is 0 Å². The summed E-state index contributed by atoms with van der Waals surface area (Å²) in [5.74, 6) is 1.34. The summed E-state index contributed by atoms with van der Waals surface area (Å²) < 4.78 is 10.8. The van der Waals surface area contributed by atoms with Crippen LogP contribution in [-0.4, -0.2) is 42.1 Å². The molecule has 0 fully saturated rings. The zero-order valence-corrected chi connectivity index (χ0v) is 18.6. The molecular formula is C25H32N2O4. The number of nitrogens with zero attached hydrogens (tertiary/aromatic N) is 1. The van der Waals surface area contributed by atoms with Crippen LogP contribution >= 0.6 is 0 Å². The van der Waals surface area contributed by atoms with E-state index in [1.807, 2.05) is 69.3 Å². The first-order chi connectivity index (χ1) is 15.0. The highest BCUT2D eigenvalue weighted by atomic mass is 16.7. The standard InChI is InChI=1S/C25H32N2O4/c1-4-21(25(29)26-18(2)3)27(15-14-19-8-6-5-7-9-19)24(28)13-11-20-10-12-22-23(16-20)31-17-30-22/h5-10,12,16,18,21H,4,11,13-15,17H2,1-3H3,(H,26,29). The van der Waals surface area contributed by atoms with E-state index in [1.54, 1.807) is 4.90 Å². The molecule has 6 nitrogen and oxygen atoms in total. The van der Waals surface area contributed by atoms with Crippen molar-refractivity contribution in [2.75, 3.05) is 13.3 Å². The quantitative estimate of drug-likeness (QED) is 0.631. The summed E-state index contributed by atoms with van der Waals surface area (Å²) >= 11 is 0. The van der Waals surface area contributed by atoms with Gasteiger partial charge < -0.3 is 19.7 Å². The van der Waals surface area contributed by atoms with Crippen molar-refractivity contribution in [2.24, 2.45) is 0 Å². The van der Waals surface area contributed by atoms with Crippen molar-refractivity contribution >= 4 is 11.8 Å². The number of fused-ring (bicyclic) bond motifs is 1. The minimum atomic E-state index is -0.477. The van der Waals surface area contributed by atoms with Crippen LogP contribution in [0.5, 0.6) is 11.5 Å². The van der Waals surface area contributed by atoms with E-state index in [9.17, 15) is 9.59 Å². The highest BCUT2D eigenvalue weighted by Crippen LogP contribution is 2.32. The van der Waals surface area contributed by atoms with Gasteiger partial charge in [0.05, 0.1) is 0 Å². The average Bonchev–Trinajstić information content (AvgIpc) is 3.23. The maximum atomic E-state index is 13.3. The molecule has 0 spiro atoms. The monoisotopic (exact) mass is 424 g/mol. The van der Waals surface area contributed by atoms with E-state index in [1.165, 1.54) is 0 Å². The van der Waals surface area contributed by atoms with Gasteiger partial charge in [-0.05, 0) is 56.4 Å². The molecule has 31 heavy (non-hydrogen) atoms. The Hall–Kier alpha value is -3.02. The molecule has 2 amide bonds. The summed E-state index contributed by atoms with van der Waals surface area (Å²) in [4.78, 5) is 27.8. The van der Waals surface area contributed by atoms with Crippen molar-refractivity contribution in [3.05, 3.63) is 59.7 Å². The molecule has 1 atom stereocenters. The second kappa shape index (κ2) is 10.8. The fourth-order valence-electron chi connectivity index (χ4n) is 3.77. The molecule has 1 aliphatic rings. The number of hydrogen-bond acceptors (Lipinski definition) is 4. The molecule has 1 heterocycles. The van der Waals surface area contributed by atoms with Crippen LogP contribution in [0.25, 0.3) is 0 Å². The first kappa shape index (κ1) is 22.7. The van der Waals surface area contributed by atoms with Crippen LogP contribution in [0.4, 0.5) is 0 Å². The lowest BCUT2D eigenvalue weighted by Crippen LogP contribution is -2.51. The van der Waals surface area contributed by atoms with Gasteiger partial charge in [-0.2, -0.15) is 0 Å². The largest absolute Gasteiger partial charge is 0.454 e. The minimum absolute atomic E-state index is 0.0145. The number of nitrogens with one attached hydrogen (secondary N) is 1. The van der Waals surface area contributed by atoms with E-state index in [0.29, 0.717) is 38.0 Å². The molecule has 6 heteroatoms. The molecule has 3 rings (SSSR count). The molecule has 0 radical (unpaired) electrons. The van der Waals surface area contributed by atoms with Gasteiger partial charge in [0.15, 0.2) is 11.5 Å². The first-order valence-electron chi connectivity index (χ1n) is 11.0. The second-order valence-electron chi connectivity index (χ2n) is 8.10. The lowest BCUT2D eigenvalue weighted by Gasteiger charge is -2.31. The Bertz CT molecular complexity index is 882. The maximum absolute atomic E-state index is 13.3. The highest BCUT2D eigenvalue weighted by molar-refractivity contribution is 5.87. The Labute approximate surface area is 184 Å². The Kier molecular flexibility index (Phi) is 7.93. The lowest BCUT2D eigenvalue weighted by molar-refractivity contribution is -0.140. The summed E-state index contributed by atoms with van der Waals surface area (Å²) in [5.41, 5.74) is 2.16. The van der Waals surface area contributed by atoms with Crippen molar-refractivity contribution in [3.63, 3.8) is 0 Å². The molecule has 0 saturated heterocycles. The van der Waals surface area contributed by atoms with Crippen molar-refractivity contribution in [2.45, 2.75) is 58.5 Å². The Morgan fingerprint density at radius 1 is 1.00 bits per heavy atom. The van der Waals surface area contributed by atoms with E-state index in [0.717, 1.165) is 16.9 Å². The molecule has 2 aromatic rings. The van der Waals surface area contributed by atoms with Gasteiger partial charge in [-0.15, -0.1) is 0 Å². The van der Waals surface area contributed by atoms with Gasteiger partial charge in [-0.1, -0.05) is 43.3 Å². The number of carbonyl (C=O) groups excluding carboxylic acids is 2. The number of benzene rings is 2. The molecule has 1 aliphatic heterocycles. The summed E-state index contributed by atoms with van der Waals surface area (Å²) in [6, 6.07) is 15.4. The third kappa shape index (κ3) is 6.23. The predicted octanol–water partition coefficient (Wildman–Crippen LogP) is 3.72. The van der Waals surface area contributed by atoms with Crippen molar-refractivity contribution < 1.29 is 19.1 Å². The fraction of sp³-hybridized carbons (Fsp3) is 0.440. The van der Waals surface area contributed by atoms with E-state index >= 15 is 0 Å². The third-order valence-electron chi connectivity index (χ3n) is 5.37. The van der Waals surface area contributed by atoms with Crippen LogP contribution in [0.2, 0.25) is 0 Å². The number of aryl methyl sites for hydroxylation is 1. The van der Waals surface area contributed by atoms with Gasteiger partial charge in [0.2, 0.25) is 18.6 Å².